The molecule has 0 atom stereocenters. The molecular weight excluding hydrogens is 362 g/mol. The summed E-state index contributed by atoms with van der Waals surface area (Å²) in [7, 11) is 0. The van der Waals surface area contributed by atoms with Crippen molar-refractivity contribution >= 4 is 34.2 Å². The van der Waals surface area contributed by atoms with Gasteiger partial charge in [-0.05, 0) is 31.4 Å². The van der Waals surface area contributed by atoms with E-state index in [0.29, 0.717) is 5.02 Å². The monoisotopic (exact) mass is 381 g/mol. The van der Waals surface area contributed by atoms with Crippen molar-refractivity contribution in [3.8, 4) is 11.1 Å². The van der Waals surface area contributed by atoms with Crippen molar-refractivity contribution in [1.29, 1.82) is 0 Å². The quantitative estimate of drug-likeness (QED) is 0.713. The molecule has 2 saturated heterocycles. The van der Waals surface area contributed by atoms with Crippen molar-refractivity contribution in [3.05, 3.63) is 41.9 Å². The van der Waals surface area contributed by atoms with Crippen LogP contribution < -0.4 is 10.2 Å². The highest BCUT2D eigenvalue weighted by molar-refractivity contribution is 6.34. The molecule has 27 heavy (non-hydrogen) atoms. The summed E-state index contributed by atoms with van der Waals surface area (Å²) in [5, 5.41) is 4.68. The summed E-state index contributed by atoms with van der Waals surface area (Å²) in [4.78, 5) is 26.5. The number of aromatic amines is 1. The number of halogens is 1. The Hall–Kier alpha value is -2.60. The maximum Gasteiger partial charge on any atom is 0.226 e. The molecule has 0 radical (unpaired) electrons. The molecule has 7 heteroatoms. The number of anilines is 1. The smallest absolute Gasteiger partial charge is 0.226 e. The molecule has 6 nitrogen and oxygen atoms in total. The maximum absolute atomic E-state index is 12.3. The fourth-order valence-corrected chi connectivity index (χ4v) is 4.75. The molecule has 0 bridgehead atoms. The molecular formula is C20H20ClN5O. The first kappa shape index (κ1) is 16.6. The molecule has 3 aromatic rings. The lowest BCUT2D eigenvalue weighted by Crippen LogP contribution is -2.44. The Morgan fingerprint density at radius 1 is 1.15 bits per heavy atom. The Bertz CT molecular complexity index is 1020. The number of pyridine rings is 2. The summed E-state index contributed by atoms with van der Waals surface area (Å²) >= 11 is 6.60. The fourth-order valence-electron chi connectivity index (χ4n) is 4.48. The molecule has 0 unspecified atom stereocenters. The number of rotatable bonds is 2. The first-order chi connectivity index (χ1) is 13.2. The van der Waals surface area contributed by atoms with Crippen LogP contribution in [0.2, 0.25) is 5.02 Å². The van der Waals surface area contributed by atoms with E-state index in [1.807, 2.05) is 24.5 Å². The van der Waals surface area contributed by atoms with Crippen LogP contribution in [0.4, 0.5) is 5.69 Å². The number of carbonyl (C=O) groups excluding carboxylic acids is 1. The molecule has 5 heterocycles. The summed E-state index contributed by atoms with van der Waals surface area (Å²) in [5.41, 5.74) is 3.68. The third kappa shape index (κ3) is 2.58. The van der Waals surface area contributed by atoms with E-state index >= 15 is 0 Å². The van der Waals surface area contributed by atoms with Crippen LogP contribution in [-0.4, -0.2) is 40.5 Å². The number of hydrogen-bond acceptors (Lipinski definition) is 4. The van der Waals surface area contributed by atoms with Crippen LogP contribution in [0, 0.1) is 5.41 Å². The number of fused-ring (bicyclic) bond motifs is 1. The lowest BCUT2D eigenvalue weighted by Gasteiger charge is -2.39. The number of nitrogens with zero attached hydrogens (tertiary/aromatic N) is 3. The van der Waals surface area contributed by atoms with Gasteiger partial charge in [0.15, 0.2) is 0 Å². The van der Waals surface area contributed by atoms with Gasteiger partial charge in [0.1, 0.15) is 5.65 Å². The Kier molecular flexibility index (Phi) is 3.82. The van der Waals surface area contributed by atoms with Gasteiger partial charge in [0, 0.05) is 60.9 Å². The highest BCUT2D eigenvalue weighted by Crippen LogP contribution is 2.44. The average molecular weight is 382 g/mol. The second-order valence-electron chi connectivity index (χ2n) is 7.39. The molecule has 138 valence electrons. The zero-order valence-electron chi connectivity index (χ0n) is 14.8. The first-order valence-electron chi connectivity index (χ1n) is 9.27. The van der Waals surface area contributed by atoms with Crippen molar-refractivity contribution in [2.24, 2.45) is 5.41 Å². The van der Waals surface area contributed by atoms with Gasteiger partial charge in [-0.3, -0.25) is 9.78 Å². The van der Waals surface area contributed by atoms with Gasteiger partial charge >= 0.3 is 0 Å². The molecule has 1 amide bonds. The minimum atomic E-state index is -0.194. The Balaban J connectivity index is 1.53. The predicted molar refractivity (Wildman–Crippen MR) is 106 cm³/mol. The van der Waals surface area contributed by atoms with Gasteiger partial charge in [0.2, 0.25) is 5.91 Å². The second kappa shape index (κ2) is 6.23. The standard InChI is InChI=1S/C20H20ClN5O/c21-16-12-22-10-15(14-11-25-18-13(14)2-1-6-23-18)17(16)26-8-4-20(5-9-26)3-7-24-19(20)27/h1-2,6,10-12H,3-5,7-9H2,(H,23,25)(H,24,27). The second-order valence-corrected chi connectivity index (χ2v) is 7.80. The van der Waals surface area contributed by atoms with E-state index in [1.54, 1.807) is 12.4 Å². The minimum absolute atomic E-state index is 0.194. The normalized spacial score (nSPS) is 19.0. The lowest BCUT2D eigenvalue weighted by atomic mass is 9.77. The zero-order valence-corrected chi connectivity index (χ0v) is 15.6. The van der Waals surface area contributed by atoms with Crippen molar-refractivity contribution in [1.82, 2.24) is 20.3 Å². The SMILES string of the molecule is O=C1NCCC12CCN(c1c(Cl)cncc1-c1c[nH]c3ncccc13)CC2. The van der Waals surface area contributed by atoms with Crippen LogP contribution in [0.25, 0.3) is 22.2 Å². The van der Waals surface area contributed by atoms with Crippen LogP contribution >= 0.6 is 11.6 Å². The first-order valence-corrected chi connectivity index (χ1v) is 9.65. The summed E-state index contributed by atoms with van der Waals surface area (Å²) in [6, 6.07) is 3.98. The summed E-state index contributed by atoms with van der Waals surface area (Å²) < 4.78 is 0. The van der Waals surface area contributed by atoms with Gasteiger partial charge in [-0.15, -0.1) is 0 Å². The van der Waals surface area contributed by atoms with E-state index in [9.17, 15) is 4.79 Å². The molecule has 0 aliphatic carbocycles. The molecule has 0 saturated carbocycles. The molecule has 2 aliphatic rings. The van der Waals surface area contributed by atoms with Crippen molar-refractivity contribution in [3.63, 3.8) is 0 Å². The average Bonchev–Trinajstić information content (AvgIpc) is 3.27. The van der Waals surface area contributed by atoms with Crippen LogP contribution in [0.5, 0.6) is 0 Å². The van der Waals surface area contributed by atoms with Gasteiger partial charge in [0.05, 0.1) is 16.1 Å². The Labute approximate surface area is 162 Å². The number of hydrogen-bond donors (Lipinski definition) is 2. The third-order valence-corrected chi connectivity index (χ3v) is 6.30. The lowest BCUT2D eigenvalue weighted by molar-refractivity contribution is -0.128. The third-order valence-electron chi connectivity index (χ3n) is 6.02. The molecule has 3 aromatic heterocycles. The van der Waals surface area contributed by atoms with E-state index in [4.69, 9.17) is 11.6 Å². The summed E-state index contributed by atoms with van der Waals surface area (Å²) in [6.45, 7) is 2.41. The Morgan fingerprint density at radius 2 is 2.00 bits per heavy atom. The number of piperidine rings is 1. The van der Waals surface area contributed by atoms with E-state index in [2.05, 4.69) is 25.2 Å². The summed E-state index contributed by atoms with van der Waals surface area (Å²) in [6.07, 6.45) is 9.94. The number of amides is 1. The van der Waals surface area contributed by atoms with Crippen molar-refractivity contribution in [2.45, 2.75) is 19.3 Å². The van der Waals surface area contributed by atoms with Gasteiger partial charge < -0.3 is 15.2 Å². The number of aromatic nitrogens is 3. The van der Waals surface area contributed by atoms with Gasteiger partial charge in [-0.1, -0.05) is 11.6 Å². The fraction of sp³-hybridized carbons (Fsp3) is 0.350. The molecule has 2 N–H and O–H groups in total. The zero-order chi connectivity index (χ0) is 18.4. The van der Waals surface area contributed by atoms with Gasteiger partial charge in [-0.25, -0.2) is 4.98 Å². The minimum Gasteiger partial charge on any atom is -0.370 e. The largest absolute Gasteiger partial charge is 0.370 e. The van der Waals surface area contributed by atoms with E-state index in [0.717, 1.165) is 66.7 Å². The van der Waals surface area contributed by atoms with E-state index < -0.39 is 0 Å². The number of nitrogens with one attached hydrogen (secondary N) is 2. The molecule has 5 rings (SSSR count). The highest BCUT2D eigenvalue weighted by Gasteiger charge is 2.44. The van der Waals surface area contributed by atoms with Crippen LogP contribution in [0.3, 0.4) is 0 Å². The summed E-state index contributed by atoms with van der Waals surface area (Å²) in [5.74, 6) is 0.214. The molecule has 2 aliphatic heterocycles. The van der Waals surface area contributed by atoms with Crippen LogP contribution in [0.15, 0.2) is 36.9 Å². The van der Waals surface area contributed by atoms with E-state index in [-0.39, 0.29) is 11.3 Å². The van der Waals surface area contributed by atoms with Crippen LogP contribution in [-0.2, 0) is 4.79 Å². The number of H-pyrrole nitrogens is 1. The molecule has 0 aromatic carbocycles. The van der Waals surface area contributed by atoms with Crippen LogP contribution in [0.1, 0.15) is 19.3 Å². The van der Waals surface area contributed by atoms with Crippen molar-refractivity contribution in [2.75, 3.05) is 24.5 Å². The highest BCUT2D eigenvalue weighted by atomic mass is 35.5. The van der Waals surface area contributed by atoms with Gasteiger partial charge in [0.25, 0.3) is 0 Å². The van der Waals surface area contributed by atoms with Crippen molar-refractivity contribution < 1.29 is 4.79 Å². The van der Waals surface area contributed by atoms with Gasteiger partial charge in [-0.2, -0.15) is 0 Å². The topological polar surface area (TPSA) is 73.9 Å². The molecule has 2 fully saturated rings. The number of carbonyl (C=O) groups is 1. The van der Waals surface area contributed by atoms with E-state index in [1.165, 1.54) is 0 Å². The predicted octanol–water partition coefficient (Wildman–Crippen LogP) is 3.38. The Morgan fingerprint density at radius 3 is 2.78 bits per heavy atom. The molecule has 1 spiro atoms. The maximum atomic E-state index is 12.3.